The zero-order valence-corrected chi connectivity index (χ0v) is 11.2. The Bertz CT molecular complexity index is 546. The third-order valence-electron chi connectivity index (χ3n) is 2.24. The summed E-state index contributed by atoms with van der Waals surface area (Å²) in [5.41, 5.74) is 5.70. The molecule has 0 saturated heterocycles. The van der Waals surface area contributed by atoms with Gasteiger partial charge < -0.3 is 15.2 Å². The molecular weight excluding hydrogens is 266 g/mol. The molecule has 0 aliphatic heterocycles. The highest BCUT2D eigenvalue weighted by molar-refractivity contribution is 6.30. The van der Waals surface area contributed by atoms with E-state index in [-0.39, 0.29) is 0 Å². The van der Waals surface area contributed by atoms with Crippen LogP contribution in [0.25, 0.3) is 0 Å². The van der Waals surface area contributed by atoms with Crippen LogP contribution in [0.2, 0.25) is 5.02 Å². The smallest absolute Gasteiger partial charge is 0.224 e. The summed E-state index contributed by atoms with van der Waals surface area (Å²) in [5, 5.41) is 0.645. The number of aromatic nitrogens is 2. The van der Waals surface area contributed by atoms with Crippen LogP contribution in [0.5, 0.6) is 11.6 Å². The van der Waals surface area contributed by atoms with Gasteiger partial charge in [-0.25, -0.2) is 4.98 Å². The van der Waals surface area contributed by atoms with E-state index < -0.39 is 0 Å². The second-order valence-electron chi connectivity index (χ2n) is 3.74. The average Bonchev–Trinajstić information content (AvgIpc) is 2.38. The van der Waals surface area contributed by atoms with Gasteiger partial charge in [0.15, 0.2) is 5.82 Å². The first-order chi connectivity index (χ1) is 9.17. The summed E-state index contributed by atoms with van der Waals surface area (Å²) in [6.45, 7) is 2.79. The van der Waals surface area contributed by atoms with E-state index in [9.17, 15) is 0 Å². The molecule has 5 nitrogen and oxygen atoms in total. The number of hydrogen-bond acceptors (Lipinski definition) is 5. The summed E-state index contributed by atoms with van der Waals surface area (Å²) in [4.78, 5) is 8.29. The molecule has 100 valence electrons. The van der Waals surface area contributed by atoms with Crippen LogP contribution in [-0.4, -0.2) is 16.6 Å². The van der Waals surface area contributed by atoms with E-state index in [0.29, 0.717) is 41.5 Å². The molecule has 6 heteroatoms. The lowest BCUT2D eigenvalue weighted by Crippen LogP contribution is -2.03. The maximum Gasteiger partial charge on any atom is 0.224 e. The van der Waals surface area contributed by atoms with Crippen molar-refractivity contribution in [3.05, 3.63) is 41.2 Å². The maximum absolute atomic E-state index is 5.80. The van der Waals surface area contributed by atoms with Crippen molar-refractivity contribution < 1.29 is 9.47 Å². The van der Waals surface area contributed by atoms with Crippen LogP contribution in [0.4, 0.5) is 5.82 Å². The lowest BCUT2D eigenvalue weighted by molar-refractivity contribution is 0.128. The summed E-state index contributed by atoms with van der Waals surface area (Å²) in [7, 11) is 0. The summed E-state index contributed by atoms with van der Waals surface area (Å²) < 4.78 is 10.8. The Morgan fingerprint density at radius 2 is 1.95 bits per heavy atom. The molecule has 0 spiro atoms. The predicted molar refractivity (Wildman–Crippen MR) is 73.3 cm³/mol. The molecule has 0 aliphatic carbocycles. The molecule has 0 bridgehead atoms. The first kappa shape index (κ1) is 13.6. The van der Waals surface area contributed by atoms with Gasteiger partial charge in [-0.05, 0) is 31.2 Å². The Labute approximate surface area is 116 Å². The number of rotatable bonds is 5. The zero-order valence-electron chi connectivity index (χ0n) is 10.5. The Morgan fingerprint density at radius 1 is 1.21 bits per heavy atom. The zero-order chi connectivity index (χ0) is 13.7. The number of benzene rings is 1. The molecule has 19 heavy (non-hydrogen) atoms. The normalized spacial score (nSPS) is 10.4. The molecule has 0 aliphatic rings. The van der Waals surface area contributed by atoms with E-state index in [1.807, 2.05) is 6.92 Å². The largest absolute Gasteiger partial charge is 0.439 e. The molecule has 0 fully saturated rings. The fourth-order valence-electron chi connectivity index (χ4n) is 1.43. The van der Waals surface area contributed by atoms with E-state index >= 15 is 0 Å². The van der Waals surface area contributed by atoms with Gasteiger partial charge in [-0.15, -0.1) is 0 Å². The maximum atomic E-state index is 5.80. The van der Waals surface area contributed by atoms with Gasteiger partial charge in [-0.1, -0.05) is 11.6 Å². The van der Waals surface area contributed by atoms with Crippen LogP contribution in [0.15, 0.2) is 30.3 Å². The number of anilines is 1. The van der Waals surface area contributed by atoms with Crippen molar-refractivity contribution in [2.24, 2.45) is 0 Å². The summed E-state index contributed by atoms with van der Waals surface area (Å²) in [6, 6.07) is 8.54. The van der Waals surface area contributed by atoms with Crippen molar-refractivity contribution in [1.82, 2.24) is 9.97 Å². The molecule has 2 aromatic rings. The number of nitrogens with two attached hydrogens (primary N) is 1. The van der Waals surface area contributed by atoms with Crippen molar-refractivity contribution in [3.8, 4) is 11.6 Å². The van der Waals surface area contributed by atoms with Crippen molar-refractivity contribution in [2.75, 3.05) is 12.3 Å². The monoisotopic (exact) mass is 279 g/mol. The van der Waals surface area contributed by atoms with E-state index in [1.54, 1.807) is 30.3 Å². The van der Waals surface area contributed by atoms with E-state index in [4.69, 9.17) is 26.8 Å². The number of nitrogen functional groups attached to an aromatic ring is 1. The Morgan fingerprint density at radius 3 is 2.63 bits per heavy atom. The minimum absolute atomic E-state index is 0.304. The van der Waals surface area contributed by atoms with Gasteiger partial charge in [0.05, 0.1) is 0 Å². The molecule has 0 radical (unpaired) electrons. The van der Waals surface area contributed by atoms with Gasteiger partial charge in [0.1, 0.15) is 18.2 Å². The van der Waals surface area contributed by atoms with Crippen LogP contribution in [0.1, 0.15) is 12.7 Å². The van der Waals surface area contributed by atoms with Crippen LogP contribution in [0.3, 0.4) is 0 Å². The lowest BCUT2D eigenvalue weighted by Gasteiger charge is -2.07. The molecule has 0 amide bonds. The quantitative estimate of drug-likeness (QED) is 0.911. The van der Waals surface area contributed by atoms with E-state index in [1.165, 1.54) is 0 Å². The fourth-order valence-corrected chi connectivity index (χ4v) is 1.55. The Balaban J connectivity index is 2.15. The fraction of sp³-hybridized carbons (Fsp3) is 0.231. The van der Waals surface area contributed by atoms with Gasteiger partial charge in [0.25, 0.3) is 0 Å². The van der Waals surface area contributed by atoms with E-state index in [2.05, 4.69) is 9.97 Å². The number of hydrogen-bond donors (Lipinski definition) is 1. The van der Waals surface area contributed by atoms with Gasteiger partial charge in [0, 0.05) is 17.7 Å². The van der Waals surface area contributed by atoms with Gasteiger partial charge in [-0.2, -0.15) is 4.98 Å². The topological polar surface area (TPSA) is 70.3 Å². The highest BCUT2D eigenvalue weighted by atomic mass is 35.5. The van der Waals surface area contributed by atoms with Crippen LogP contribution in [0, 0.1) is 0 Å². The molecule has 2 N–H and O–H groups in total. The minimum atomic E-state index is 0.304. The standard InChI is InChI=1S/C13H14ClN3O2/c1-2-18-8-12-16-11(15)7-13(17-12)19-10-5-3-9(14)4-6-10/h3-7H,2,8H2,1H3,(H2,15,16,17). The van der Waals surface area contributed by atoms with Crippen molar-refractivity contribution in [1.29, 1.82) is 0 Å². The van der Waals surface area contributed by atoms with Crippen molar-refractivity contribution in [2.45, 2.75) is 13.5 Å². The second kappa shape index (κ2) is 6.36. The van der Waals surface area contributed by atoms with Crippen LogP contribution in [-0.2, 0) is 11.3 Å². The van der Waals surface area contributed by atoms with E-state index in [0.717, 1.165) is 0 Å². The average molecular weight is 280 g/mol. The molecule has 0 saturated carbocycles. The number of nitrogens with zero attached hydrogens (tertiary/aromatic N) is 2. The Hall–Kier alpha value is -1.85. The predicted octanol–water partition coefficient (Wildman–Crippen LogP) is 3.04. The van der Waals surface area contributed by atoms with Crippen LogP contribution < -0.4 is 10.5 Å². The van der Waals surface area contributed by atoms with Crippen molar-refractivity contribution >= 4 is 17.4 Å². The molecule has 0 atom stereocenters. The molecule has 1 aromatic carbocycles. The summed E-state index contributed by atoms with van der Waals surface area (Å²) in [5.74, 6) is 1.84. The third kappa shape index (κ3) is 4.08. The first-order valence-electron chi connectivity index (χ1n) is 5.82. The number of ether oxygens (including phenoxy) is 2. The molecule has 0 unspecified atom stereocenters. The highest BCUT2D eigenvalue weighted by Gasteiger charge is 2.05. The first-order valence-corrected chi connectivity index (χ1v) is 6.20. The number of halogens is 1. The third-order valence-corrected chi connectivity index (χ3v) is 2.49. The SMILES string of the molecule is CCOCc1nc(N)cc(Oc2ccc(Cl)cc2)n1. The summed E-state index contributed by atoms with van der Waals surface area (Å²) in [6.07, 6.45) is 0. The Kier molecular flexibility index (Phi) is 4.54. The molecule has 1 aromatic heterocycles. The molecular formula is C13H14ClN3O2. The van der Waals surface area contributed by atoms with Crippen molar-refractivity contribution in [3.63, 3.8) is 0 Å². The van der Waals surface area contributed by atoms with Gasteiger partial charge in [0.2, 0.25) is 5.88 Å². The lowest BCUT2D eigenvalue weighted by atomic mass is 10.3. The van der Waals surface area contributed by atoms with Gasteiger partial charge >= 0.3 is 0 Å². The second-order valence-corrected chi connectivity index (χ2v) is 4.18. The molecule has 1 heterocycles. The van der Waals surface area contributed by atoms with Crippen LogP contribution >= 0.6 is 11.6 Å². The summed E-state index contributed by atoms with van der Waals surface area (Å²) >= 11 is 5.80. The van der Waals surface area contributed by atoms with Gasteiger partial charge in [-0.3, -0.25) is 0 Å². The molecule has 2 rings (SSSR count). The minimum Gasteiger partial charge on any atom is -0.439 e. The highest BCUT2D eigenvalue weighted by Crippen LogP contribution is 2.22.